The minimum Gasteiger partial charge on any atom is -0.369 e. The van der Waals surface area contributed by atoms with Gasteiger partial charge in [0.1, 0.15) is 0 Å². The van der Waals surface area contributed by atoms with E-state index < -0.39 is 46.5 Å². The normalized spacial score (nSPS) is 12.6. The highest BCUT2D eigenvalue weighted by Crippen LogP contribution is 2.28. The van der Waals surface area contributed by atoms with Crippen LogP contribution in [-0.2, 0) is 4.79 Å². The van der Waals surface area contributed by atoms with Gasteiger partial charge in [-0.15, -0.1) is 0 Å². The summed E-state index contributed by atoms with van der Waals surface area (Å²) in [7, 11) is 0. The molecular formula is C9H6F5NO. The average molecular weight is 239 g/mol. The van der Waals surface area contributed by atoms with Crippen LogP contribution >= 0.6 is 0 Å². The monoisotopic (exact) mass is 239 g/mol. The van der Waals surface area contributed by atoms with Gasteiger partial charge in [-0.05, 0) is 6.92 Å². The third-order valence-corrected chi connectivity index (χ3v) is 2.10. The summed E-state index contributed by atoms with van der Waals surface area (Å²) in [6, 6.07) is 0. The summed E-state index contributed by atoms with van der Waals surface area (Å²) in [4.78, 5) is 10.7. The first-order chi connectivity index (χ1) is 7.29. The number of rotatable bonds is 2. The van der Waals surface area contributed by atoms with Crippen LogP contribution in [0.15, 0.2) is 0 Å². The molecule has 1 amide bonds. The molecule has 7 heteroatoms. The van der Waals surface area contributed by atoms with E-state index in [1.165, 1.54) is 0 Å². The van der Waals surface area contributed by atoms with Gasteiger partial charge in [0.05, 0.1) is 5.92 Å². The zero-order valence-corrected chi connectivity index (χ0v) is 7.95. The molecule has 0 aliphatic rings. The van der Waals surface area contributed by atoms with Gasteiger partial charge in [-0.2, -0.15) is 0 Å². The zero-order chi connectivity index (χ0) is 12.6. The van der Waals surface area contributed by atoms with Crippen molar-refractivity contribution in [3.8, 4) is 0 Å². The molecule has 0 aromatic heterocycles. The molecule has 0 spiro atoms. The van der Waals surface area contributed by atoms with Gasteiger partial charge in [0.15, 0.2) is 23.3 Å². The van der Waals surface area contributed by atoms with E-state index in [2.05, 4.69) is 0 Å². The number of primary amides is 1. The Hall–Kier alpha value is -1.66. The van der Waals surface area contributed by atoms with E-state index in [4.69, 9.17) is 5.73 Å². The lowest BCUT2D eigenvalue weighted by Crippen LogP contribution is -2.22. The molecule has 1 rings (SSSR count). The molecule has 0 saturated carbocycles. The first-order valence-electron chi connectivity index (χ1n) is 4.09. The van der Waals surface area contributed by atoms with Crippen molar-refractivity contribution in [2.75, 3.05) is 0 Å². The molecule has 1 unspecified atom stereocenters. The highest BCUT2D eigenvalue weighted by atomic mass is 19.2. The molecule has 0 radical (unpaired) electrons. The van der Waals surface area contributed by atoms with Crippen molar-refractivity contribution >= 4 is 5.91 Å². The minimum absolute atomic E-state index is 0.945. The molecule has 0 saturated heterocycles. The fourth-order valence-corrected chi connectivity index (χ4v) is 1.14. The van der Waals surface area contributed by atoms with Crippen LogP contribution in [0.2, 0.25) is 0 Å². The molecule has 0 aliphatic heterocycles. The summed E-state index contributed by atoms with van der Waals surface area (Å²) >= 11 is 0. The van der Waals surface area contributed by atoms with Gasteiger partial charge in [0.2, 0.25) is 11.7 Å². The number of benzene rings is 1. The maximum Gasteiger partial charge on any atom is 0.224 e. The van der Waals surface area contributed by atoms with Crippen LogP contribution in [-0.4, -0.2) is 5.91 Å². The summed E-state index contributed by atoms with van der Waals surface area (Å²) in [5, 5.41) is 0. The number of halogens is 5. The molecule has 0 bridgehead atoms. The van der Waals surface area contributed by atoms with Gasteiger partial charge in [-0.1, -0.05) is 0 Å². The topological polar surface area (TPSA) is 43.1 Å². The second-order valence-corrected chi connectivity index (χ2v) is 3.11. The number of amides is 1. The third kappa shape index (κ3) is 1.72. The summed E-state index contributed by atoms with van der Waals surface area (Å²) in [6.45, 7) is 0.945. The number of carbonyl (C=O) groups excluding carboxylic acids is 1. The standard InChI is InChI=1S/C9H6F5NO/c1-2(9(15)16)3-4(10)6(12)8(14)7(13)5(3)11/h2H,1H3,(H2,15,16). The van der Waals surface area contributed by atoms with E-state index in [0.717, 1.165) is 6.92 Å². The summed E-state index contributed by atoms with van der Waals surface area (Å²) < 4.78 is 64.2. The van der Waals surface area contributed by atoms with E-state index in [-0.39, 0.29) is 0 Å². The van der Waals surface area contributed by atoms with Crippen LogP contribution in [0.4, 0.5) is 22.0 Å². The van der Waals surface area contributed by atoms with E-state index in [1.807, 2.05) is 0 Å². The van der Waals surface area contributed by atoms with Crippen molar-refractivity contribution in [1.82, 2.24) is 0 Å². The van der Waals surface area contributed by atoms with Crippen LogP contribution < -0.4 is 5.73 Å². The summed E-state index contributed by atoms with van der Waals surface area (Å²) in [5.74, 6) is -13.3. The van der Waals surface area contributed by atoms with Gasteiger partial charge < -0.3 is 5.73 Å². The SMILES string of the molecule is CC(C(N)=O)c1c(F)c(F)c(F)c(F)c1F. The molecule has 0 heterocycles. The van der Waals surface area contributed by atoms with E-state index >= 15 is 0 Å². The Morgan fingerprint density at radius 2 is 1.25 bits per heavy atom. The van der Waals surface area contributed by atoms with Crippen molar-refractivity contribution in [1.29, 1.82) is 0 Å². The third-order valence-electron chi connectivity index (χ3n) is 2.10. The van der Waals surface area contributed by atoms with Crippen molar-refractivity contribution in [2.24, 2.45) is 5.73 Å². The maximum atomic E-state index is 13.1. The van der Waals surface area contributed by atoms with Gasteiger partial charge in [0, 0.05) is 5.56 Å². The Bertz CT molecular complexity index is 431. The Morgan fingerprint density at radius 3 is 1.56 bits per heavy atom. The van der Waals surface area contributed by atoms with E-state index in [9.17, 15) is 26.7 Å². The van der Waals surface area contributed by atoms with Crippen LogP contribution in [0.3, 0.4) is 0 Å². The van der Waals surface area contributed by atoms with Gasteiger partial charge >= 0.3 is 0 Å². The smallest absolute Gasteiger partial charge is 0.224 e. The predicted molar refractivity (Wildman–Crippen MR) is 43.8 cm³/mol. The first kappa shape index (κ1) is 12.4. The number of hydrogen-bond acceptors (Lipinski definition) is 1. The molecule has 2 N–H and O–H groups in total. The zero-order valence-electron chi connectivity index (χ0n) is 7.95. The second-order valence-electron chi connectivity index (χ2n) is 3.11. The lowest BCUT2D eigenvalue weighted by atomic mass is 9.98. The van der Waals surface area contributed by atoms with Gasteiger partial charge in [-0.25, -0.2) is 22.0 Å². The lowest BCUT2D eigenvalue weighted by molar-refractivity contribution is -0.119. The molecule has 0 fully saturated rings. The van der Waals surface area contributed by atoms with Crippen molar-refractivity contribution < 1.29 is 26.7 Å². The number of nitrogens with two attached hydrogens (primary N) is 1. The van der Waals surface area contributed by atoms with Crippen molar-refractivity contribution in [3.63, 3.8) is 0 Å². The fraction of sp³-hybridized carbons (Fsp3) is 0.222. The Morgan fingerprint density at radius 1 is 0.938 bits per heavy atom. The average Bonchev–Trinajstić information content (AvgIpc) is 2.23. The van der Waals surface area contributed by atoms with Crippen LogP contribution in [0.5, 0.6) is 0 Å². The van der Waals surface area contributed by atoms with Crippen LogP contribution in [0, 0.1) is 29.1 Å². The molecule has 1 atom stereocenters. The predicted octanol–water partition coefficient (Wildman–Crippen LogP) is 1.97. The van der Waals surface area contributed by atoms with Crippen molar-refractivity contribution in [2.45, 2.75) is 12.8 Å². The number of carbonyl (C=O) groups is 1. The molecule has 1 aromatic carbocycles. The lowest BCUT2D eigenvalue weighted by Gasteiger charge is -2.11. The van der Waals surface area contributed by atoms with Crippen LogP contribution in [0.25, 0.3) is 0 Å². The Kier molecular flexibility index (Phi) is 3.16. The van der Waals surface area contributed by atoms with Gasteiger partial charge in [0.25, 0.3) is 0 Å². The first-order valence-corrected chi connectivity index (χ1v) is 4.09. The minimum atomic E-state index is -2.27. The number of hydrogen-bond donors (Lipinski definition) is 1. The highest BCUT2D eigenvalue weighted by Gasteiger charge is 2.30. The van der Waals surface area contributed by atoms with E-state index in [1.54, 1.807) is 0 Å². The highest BCUT2D eigenvalue weighted by molar-refractivity contribution is 5.81. The fourth-order valence-electron chi connectivity index (χ4n) is 1.14. The summed E-state index contributed by atoms with van der Waals surface area (Å²) in [6.07, 6.45) is 0. The molecule has 1 aromatic rings. The summed E-state index contributed by atoms with van der Waals surface area (Å²) in [5.41, 5.74) is 3.51. The largest absolute Gasteiger partial charge is 0.369 e. The van der Waals surface area contributed by atoms with Crippen molar-refractivity contribution in [3.05, 3.63) is 34.6 Å². The molecular weight excluding hydrogens is 233 g/mol. The van der Waals surface area contributed by atoms with Gasteiger partial charge in [-0.3, -0.25) is 4.79 Å². The quantitative estimate of drug-likeness (QED) is 0.478. The van der Waals surface area contributed by atoms with Crippen LogP contribution in [0.1, 0.15) is 18.4 Å². The Balaban J connectivity index is 3.57. The molecule has 0 aliphatic carbocycles. The van der Waals surface area contributed by atoms with E-state index in [0.29, 0.717) is 0 Å². The Labute approximate surface area is 86.9 Å². The second kappa shape index (κ2) is 4.07. The molecule has 16 heavy (non-hydrogen) atoms. The molecule has 2 nitrogen and oxygen atoms in total. The maximum absolute atomic E-state index is 13.1. The molecule has 88 valence electrons.